The van der Waals surface area contributed by atoms with Crippen molar-refractivity contribution in [3.63, 3.8) is 0 Å². The van der Waals surface area contributed by atoms with Gasteiger partial charge in [-0.3, -0.25) is 4.79 Å². The van der Waals surface area contributed by atoms with Crippen molar-refractivity contribution in [2.45, 2.75) is 19.9 Å². The number of benzene rings is 1. The second-order valence-electron chi connectivity index (χ2n) is 6.19. The number of aromatic nitrogens is 1. The molecule has 5 nitrogen and oxygen atoms in total. The molecule has 0 unspecified atom stereocenters. The Morgan fingerprint density at radius 2 is 2.04 bits per heavy atom. The van der Waals surface area contributed by atoms with E-state index in [0.29, 0.717) is 24.5 Å². The van der Waals surface area contributed by atoms with Crippen LogP contribution in [0, 0.1) is 6.92 Å². The van der Waals surface area contributed by atoms with Gasteiger partial charge in [-0.25, -0.2) is 4.98 Å². The molecule has 24 heavy (non-hydrogen) atoms. The largest absolute Gasteiger partial charge is 0.366 e. The third-order valence-corrected chi connectivity index (χ3v) is 3.65. The molecule has 1 heterocycles. The van der Waals surface area contributed by atoms with Gasteiger partial charge in [0, 0.05) is 24.8 Å². The molecule has 128 valence electrons. The predicted octanol–water partition coefficient (Wildman–Crippen LogP) is 2.68. The van der Waals surface area contributed by atoms with Crippen molar-refractivity contribution >= 4 is 11.7 Å². The number of nitrogens with one attached hydrogen (secondary N) is 2. The van der Waals surface area contributed by atoms with Gasteiger partial charge in [-0.2, -0.15) is 0 Å². The van der Waals surface area contributed by atoms with Crippen molar-refractivity contribution in [3.8, 4) is 0 Å². The summed E-state index contributed by atoms with van der Waals surface area (Å²) in [6.07, 6.45) is 2.59. The average molecular weight is 326 g/mol. The first kappa shape index (κ1) is 17.9. The van der Waals surface area contributed by atoms with Crippen LogP contribution in [0.1, 0.15) is 27.9 Å². The smallest absolute Gasteiger partial charge is 0.251 e. The number of amides is 1. The molecule has 1 amide bonds. The summed E-state index contributed by atoms with van der Waals surface area (Å²) in [6.45, 7) is 4.39. The van der Waals surface area contributed by atoms with E-state index < -0.39 is 0 Å². The van der Waals surface area contributed by atoms with Crippen molar-refractivity contribution in [1.82, 2.24) is 15.2 Å². The summed E-state index contributed by atoms with van der Waals surface area (Å²) in [5, 5.41) is 6.21. The summed E-state index contributed by atoms with van der Waals surface area (Å²) in [5.41, 5.74) is 3.05. The second-order valence-corrected chi connectivity index (χ2v) is 6.19. The Balaban J connectivity index is 1.87. The molecule has 0 fully saturated rings. The molecule has 2 rings (SSSR count). The Kier molecular flexibility index (Phi) is 6.75. The molecule has 0 bridgehead atoms. The Morgan fingerprint density at radius 3 is 2.79 bits per heavy atom. The molecule has 0 atom stereocenters. The van der Waals surface area contributed by atoms with Crippen LogP contribution in [-0.4, -0.2) is 43.0 Å². The van der Waals surface area contributed by atoms with Gasteiger partial charge in [0.25, 0.3) is 5.91 Å². The van der Waals surface area contributed by atoms with Crippen molar-refractivity contribution in [2.24, 2.45) is 0 Å². The molecule has 2 aromatic rings. The fourth-order valence-corrected chi connectivity index (χ4v) is 2.38. The highest BCUT2D eigenvalue weighted by Crippen LogP contribution is 2.10. The SMILES string of the molecule is Cc1cccc(CNc2cc(C(=O)NCCCN(C)C)ccn2)c1. The van der Waals surface area contributed by atoms with E-state index >= 15 is 0 Å². The zero-order valence-corrected chi connectivity index (χ0v) is 14.7. The number of carbonyl (C=O) groups is 1. The number of pyridine rings is 1. The number of rotatable bonds is 8. The van der Waals surface area contributed by atoms with Crippen LogP contribution in [0.2, 0.25) is 0 Å². The molecule has 0 spiro atoms. The summed E-state index contributed by atoms with van der Waals surface area (Å²) >= 11 is 0. The minimum absolute atomic E-state index is 0.0604. The first-order valence-corrected chi connectivity index (χ1v) is 8.23. The number of aryl methyl sites for hydroxylation is 1. The highest BCUT2D eigenvalue weighted by atomic mass is 16.1. The zero-order chi connectivity index (χ0) is 17.4. The quantitative estimate of drug-likeness (QED) is 0.732. The summed E-state index contributed by atoms with van der Waals surface area (Å²) in [5.74, 6) is 0.646. The fraction of sp³-hybridized carbons (Fsp3) is 0.368. The van der Waals surface area contributed by atoms with Gasteiger partial charge in [-0.05, 0) is 51.7 Å². The number of hydrogen-bond acceptors (Lipinski definition) is 4. The Bertz CT molecular complexity index is 670. The maximum absolute atomic E-state index is 12.2. The predicted molar refractivity (Wildman–Crippen MR) is 98.2 cm³/mol. The number of nitrogens with zero attached hydrogens (tertiary/aromatic N) is 2. The van der Waals surface area contributed by atoms with Gasteiger partial charge in [-0.15, -0.1) is 0 Å². The topological polar surface area (TPSA) is 57.3 Å². The van der Waals surface area contributed by atoms with E-state index in [9.17, 15) is 4.79 Å². The first-order chi connectivity index (χ1) is 11.5. The summed E-state index contributed by atoms with van der Waals surface area (Å²) in [7, 11) is 4.05. The fourth-order valence-electron chi connectivity index (χ4n) is 2.38. The first-order valence-electron chi connectivity index (χ1n) is 8.23. The van der Waals surface area contributed by atoms with Crippen LogP contribution in [0.5, 0.6) is 0 Å². The number of carbonyl (C=O) groups excluding carboxylic acids is 1. The van der Waals surface area contributed by atoms with Crippen LogP contribution in [-0.2, 0) is 6.54 Å². The molecule has 1 aromatic heterocycles. The van der Waals surface area contributed by atoms with Crippen molar-refractivity contribution < 1.29 is 4.79 Å². The van der Waals surface area contributed by atoms with E-state index in [0.717, 1.165) is 13.0 Å². The molecule has 0 aliphatic rings. The molecule has 0 aliphatic heterocycles. The summed E-state index contributed by atoms with van der Waals surface area (Å²) in [4.78, 5) is 18.6. The zero-order valence-electron chi connectivity index (χ0n) is 14.7. The van der Waals surface area contributed by atoms with Crippen molar-refractivity contribution in [3.05, 3.63) is 59.3 Å². The third-order valence-electron chi connectivity index (χ3n) is 3.65. The lowest BCUT2D eigenvalue weighted by molar-refractivity contribution is 0.0952. The molecule has 0 radical (unpaired) electrons. The molecular formula is C19H26N4O. The van der Waals surface area contributed by atoms with Gasteiger partial charge in [0.1, 0.15) is 5.82 Å². The number of anilines is 1. The molecule has 5 heteroatoms. The Morgan fingerprint density at radius 1 is 1.21 bits per heavy atom. The monoisotopic (exact) mass is 326 g/mol. The standard InChI is InChI=1S/C19H26N4O/c1-15-6-4-7-16(12-15)14-22-18-13-17(8-10-20-18)19(24)21-9-5-11-23(2)3/h4,6-8,10,12-13H,5,9,11,14H2,1-3H3,(H,20,22)(H,21,24). The summed E-state index contributed by atoms with van der Waals surface area (Å²) < 4.78 is 0. The van der Waals surface area contributed by atoms with Gasteiger partial charge >= 0.3 is 0 Å². The maximum atomic E-state index is 12.2. The second kappa shape index (κ2) is 9.03. The Hall–Kier alpha value is -2.40. The van der Waals surface area contributed by atoms with E-state index in [4.69, 9.17) is 0 Å². The van der Waals surface area contributed by atoms with E-state index in [1.807, 2.05) is 20.2 Å². The van der Waals surface area contributed by atoms with Crippen LogP contribution in [0.4, 0.5) is 5.82 Å². The average Bonchev–Trinajstić information content (AvgIpc) is 2.57. The highest BCUT2D eigenvalue weighted by Gasteiger charge is 2.06. The lowest BCUT2D eigenvalue weighted by atomic mass is 10.1. The normalized spacial score (nSPS) is 10.7. The van der Waals surface area contributed by atoms with Crippen LogP contribution in [0.25, 0.3) is 0 Å². The van der Waals surface area contributed by atoms with Gasteiger partial charge < -0.3 is 15.5 Å². The molecule has 0 saturated heterocycles. The minimum atomic E-state index is -0.0604. The van der Waals surface area contributed by atoms with Crippen LogP contribution < -0.4 is 10.6 Å². The van der Waals surface area contributed by atoms with Gasteiger partial charge in [0.2, 0.25) is 0 Å². The lowest BCUT2D eigenvalue weighted by Crippen LogP contribution is -2.27. The molecular weight excluding hydrogens is 300 g/mol. The van der Waals surface area contributed by atoms with E-state index in [1.54, 1.807) is 18.3 Å². The van der Waals surface area contributed by atoms with E-state index in [2.05, 4.69) is 45.6 Å². The van der Waals surface area contributed by atoms with Crippen LogP contribution >= 0.6 is 0 Å². The third kappa shape index (κ3) is 6.01. The molecule has 1 aromatic carbocycles. The lowest BCUT2D eigenvalue weighted by Gasteiger charge is -2.11. The molecule has 2 N–H and O–H groups in total. The van der Waals surface area contributed by atoms with Crippen LogP contribution in [0.3, 0.4) is 0 Å². The van der Waals surface area contributed by atoms with Gasteiger partial charge in [0.15, 0.2) is 0 Å². The van der Waals surface area contributed by atoms with Crippen molar-refractivity contribution in [2.75, 3.05) is 32.5 Å². The number of hydrogen-bond donors (Lipinski definition) is 2. The van der Waals surface area contributed by atoms with E-state index in [-0.39, 0.29) is 5.91 Å². The maximum Gasteiger partial charge on any atom is 0.251 e. The van der Waals surface area contributed by atoms with E-state index in [1.165, 1.54) is 11.1 Å². The van der Waals surface area contributed by atoms with Gasteiger partial charge in [-0.1, -0.05) is 29.8 Å². The van der Waals surface area contributed by atoms with Gasteiger partial charge in [0.05, 0.1) is 0 Å². The van der Waals surface area contributed by atoms with Crippen molar-refractivity contribution in [1.29, 1.82) is 0 Å². The highest BCUT2D eigenvalue weighted by molar-refractivity contribution is 5.94. The molecule has 0 saturated carbocycles. The Labute approximate surface area is 144 Å². The molecule has 0 aliphatic carbocycles. The van der Waals surface area contributed by atoms with Crippen LogP contribution in [0.15, 0.2) is 42.6 Å². The minimum Gasteiger partial charge on any atom is -0.366 e. The summed E-state index contributed by atoms with van der Waals surface area (Å²) in [6, 6.07) is 11.8.